The Balaban J connectivity index is 1.99. The fourth-order valence-corrected chi connectivity index (χ4v) is 2.54. The molecule has 0 amide bonds. The number of aromatic amines is 1. The first kappa shape index (κ1) is 13.6. The Hall–Kier alpha value is -2.33. The largest absolute Gasteiger partial charge is 0.465 e. The number of H-pyrrole nitrogens is 1. The van der Waals surface area contributed by atoms with Gasteiger partial charge in [0.25, 0.3) is 0 Å². The third-order valence-electron chi connectivity index (χ3n) is 3.27. The summed E-state index contributed by atoms with van der Waals surface area (Å²) in [7, 11) is 1.37. The molecule has 0 aliphatic rings. The van der Waals surface area contributed by atoms with Gasteiger partial charge in [-0.2, -0.15) is 0 Å². The number of carbonyl (C=O) groups excluding carboxylic acids is 1. The molecule has 5 heteroatoms. The first-order valence-corrected chi connectivity index (χ1v) is 6.84. The molecule has 4 nitrogen and oxygen atoms in total. The lowest BCUT2D eigenvalue weighted by atomic mass is 10.1. The van der Waals surface area contributed by atoms with Crippen molar-refractivity contribution < 1.29 is 9.53 Å². The number of hydrogen-bond acceptors (Lipinski definition) is 3. The number of nitrogens with zero attached hydrogens (tertiary/aromatic N) is 1. The number of esters is 1. The molecular formula is C16H13ClN2O2. The van der Waals surface area contributed by atoms with E-state index < -0.39 is 0 Å². The topological polar surface area (TPSA) is 55.0 Å². The number of ether oxygens (including phenoxy) is 1. The van der Waals surface area contributed by atoms with E-state index in [0.29, 0.717) is 22.5 Å². The minimum Gasteiger partial charge on any atom is -0.465 e. The maximum absolute atomic E-state index is 11.8. The normalized spacial score (nSPS) is 10.8. The zero-order valence-electron chi connectivity index (χ0n) is 11.4. The number of carbonyl (C=O) groups is 1. The van der Waals surface area contributed by atoms with Gasteiger partial charge in [0.05, 0.1) is 23.7 Å². The van der Waals surface area contributed by atoms with Gasteiger partial charge >= 0.3 is 5.97 Å². The number of pyridine rings is 1. The van der Waals surface area contributed by atoms with Gasteiger partial charge in [0, 0.05) is 23.3 Å². The number of methoxy groups -OCH3 is 1. The van der Waals surface area contributed by atoms with Gasteiger partial charge in [0.1, 0.15) is 0 Å². The summed E-state index contributed by atoms with van der Waals surface area (Å²) >= 11 is 5.99. The summed E-state index contributed by atoms with van der Waals surface area (Å²) in [6.45, 7) is 0. The Kier molecular flexibility index (Phi) is 3.62. The minimum atomic E-state index is -0.376. The number of halogens is 1. The van der Waals surface area contributed by atoms with Crippen LogP contribution in [0.3, 0.4) is 0 Å². The second-order valence-corrected chi connectivity index (χ2v) is 5.15. The molecule has 3 aromatic rings. The zero-order valence-corrected chi connectivity index (χ0v) is 12.1. The van der Waals surface area contributed by atoms with Crippen molar-refractivity contribution in [2.24, 2.45) is 0 Å². The Labute approximate surface area is 126 Å². The number of rotatable bonds is 3. The predicted molar refractivity (Wildman–Crippen MR) is 81.7 cm³/mol. The molecule has 0 radical (unpaired) electrons. The van der Waals surface area contributed by atoms with Crippen LogP contribution in [0, 0.1) is 0 Å². The van der Waals surface area contributed by atoms with E-state index in [4.69, 9.17) is 16.3 Å². The highest BCUT2D eigenvalue weighted by Gasteiger charge is 2.13. The molecular weight excluding hydrogens is 288 g/mol. The molecule has 2 heterocycles. The Morgan fingerprint density at radius 3 is 2.95 bits per heavy atom. The third kappa shape index (κ3) is 2.76. The maximum atomic E-state index is 11.8. The molecule has 0 bridgehead atoms. The SMILES string of the molecule is COC(=O)c1ccnc2cc(Cc3cccc(Cl)c3)[nH]c12. The molecule has 0 saturated heterocycles. The second kappa shape index (κ2) is 5.58. The quantitative estimate of drug-likeness (QED) is 0.752. The van der Waals surface area contributed by atoms with Crippen molar-refractivity contribution in [3.05, 3.63) is 64.4 Å². The zero-order chi connectivity index (χ0) is 14.8. The van der Waals surface area contributed by atoms with Crippen molar-refractivity contribution >= 4 is 28.6 Å². The lowest BCUT2D eigenvalue weighted by Crippen LogP contribution is -2.02. The summed E-state index contributed by atoms with van der Waals surface area (Å²) in [5.74, 6) is -0.376. The first-order valence-electron chi connectivity index (χ1n) is 6.47. The lowest BCUT2D eigenvalue weighted by molar-refractivity contribution is 0.0602. The Morgan fingerprint density at radius 1 is 1.33 bits per heavy atom. The van der Waals surface area contributed by atoms with E-state index in [1.54, 1.807) is 12.3 Å². The molecule has 0 saturated carbocycles. The highest BCUT2D eigenvalue weighted by atomic mass is 35.5. The van der Waals surface area contributed by atoms with Crippen LogP contribution >= 0.6 is 11.6 Å². The molecule has 0 fully saturated rings. The molecule has 1 N–H and O–H groups in total. The minimum absolute atomic E-state index is 0.376. The number of fused-ring (bicyclic) bond motifs is 1. The van der Waals surface area contributed by atoms with Gasteiger partial charge < -0.3 is 9.72 Å². The molecule has 3 rings (SSSR count). The molecule has 2 aromatic heterocycles. The van der Waals surface area contributed by atoms with E-state index in [9.17, 15) is 4.79 Å². The standard InChI is InChI=1S/C16H13ClN2O2/c1-21-16(20)13-5-6-18-14-9-12(19-15(13)14)8-10-3-2-4-11(17)7-10/h2-7,9,19H,8H2,1H3. The smallest absolute Gasteiger partial charge is 0.340 e. The third-order valence-corrected chi connectivity index (χ3v) is 3.50. The Bertz CT molecular complexity index is 811. The second-order valence-electron chi connectivity index (χ2n) is 4.71. The van der Waals surface area contributed by atoms with Crippen LogP contribution in [0.4, 0.5) is 0 Å². The maximum Gasteiger partial charge on any atom is 0.340 e. The molecule has 106 valence electrons. The van der Waals surface area contributed by atoms with Crippen LogP contribution in [0.5, 0.6) is 0 Å². The summed E-state index contributed by atoms with van der Waals surface area (Å²) < 4.78 is 4.78. The van der Waals surface area contributed by atoms with Crippen LogP contribution in [0.25, 0.3) is 11.0 Å². The van der Waals surface area contributed by atoms with Gasteiger partial charge in [-0.3, -0.25) is 4.98 Å². The van der Waals surface area contributed by atoms with Crippen LogP contribution in [0.1, 0.15) is 21.6 Å². The summed E-state index contributed by atoms with van der Waals surface area (Å²) in [6.07, 6.45) is 2.29. The fraction of sp³-hybridized carbons (Fsp3) is 0.125. The molecule has 0 aliphatic carbocycles. The fourth-order valence-electron chi connectivity index (χ4n) is 2.32. The van der Waals surface area contributed by atoms with Crippen molar-refractivity contribution in [2.75, 3.05) is 7.11 Å². The van der Waals surface area contributed by atoms with E-state index in [0.717, 1.165) is 16.8 Å². The molecule has 0 spiro atoms. The van der Waals surface area contributed by atoms with Crippen LogP contribution in [-0.2, 0) is 11.2 Å². The van der Waals surface area contributed by atoms with Gasteiger partial charge in [0.15, 0.2) is 0 Å². The predicted octanol–water partition coefficient (Wildman–Crippen LogP) is 3.59. The number of benzene rings is 1. The number of nitrogens with one attached hydrogen (secondary N) is 1. The van der Waals surface area contributed by atoms with Gasteiger partial charge in [0.2, 0.25) is 0 Å². The highest BCUT2D eigenvalue weighted by Crippen LogP contribution is 2.21. The average Bonchev–Trinajstić information content (AvgIpc) is 2.88. The van der Waals surface area contributed by atoms with Crippen molar-refractivity contribution in [3.8, 4) is 0 Å². The first-order chi connectivity index (χ1) is 10.2. The summed E-state index contributed by atoms with van der Waals surface area (Å²) in [4.78, 5) is 19.3. The van der Waals surface area contributed by atoms with Crippen LogP contribution < -0.4 is 0 Å². The molecule has 0 aliphatic heterocycles. The van der Waals surface area contributed by atoms with Gasteiger partial charge in [-0.15, -0.1) is 0 Å². The van der Waals surface area contributed by atoms with E-state index in [-0.39, 0.29) is 5.97 Å². The highest BCUT2D eigenvalue weighted by molar-refractivity contribution is 6.30. The molecule has 21 heavy (non-hydrogen) atoms. The van der Waals surface area contributed by atoms with Crippen LogP contribution in [-0.4, -0.2) is 23.0 Å². The van der Waals surface area contributed by atoms with E-state index in [1.807, 2.05) is 30.3 Å². The van der Waals surface area contributed by atoms with Gasteiger partial charge in [-0.25, -0.2) is 4.79 Å². The molecule has 1 aromatic carbocycles. The monoisotopic (exact) mass is 300 g/mol. The van der Waals surface area contributed by atoms with E-state index in [1.165, 1.54) is 7.11 Å². The van der Waals surface area contributed by atoms with Gasteiger partial charge in [-0.05, 0) is 29.8 Å². The van der Waals surface area contributed by atoms with Crippen molar-refractivity contribution in [3.63, 3.8) is 0 Å². The van der Waals surface area contributed by atoms with Crippen LogP contribution in [0.2, 0.25) is 5.02 Å². The number of aromatic nitrogens is 2. The van der Waals surface area contributed by atoms with Crippen molar-refractivity contribution in [1.82, 2.24) is 9.97 Å². The van der Waals surface area contributed by atoms with E-state index >= 15 is 0 Å². The number of hydrogen-bond donors (Lipinski definition) is 1. The lowest BCUT2D eigenvalue weighted by Gasteiger charge is -2.01. The molecule has 0 unspecified atom stereocenters. The summed E-state index contributed by atoms with van der Waals surface area (Å²) in [6, 6.07) is 11.3. The summed E-state index contributed by atoms with van der Waals surface area (Å²) in [5.41, 5.74) is 3.99. The van der Waals surface area contributed by atoms with Gasteiger partial charge in [-0.1, -0.05) is 23.7 Å². The Morgan fingerprint density at radius 2 is 2.19 bits per heavy atom. The van der Waals surface area contributed by atoms with Crippen LogP contribution in [0.15, 0.2) is 42.6 Å². The average molecular weight is 301 g/mol. The van der Waals surface area contributed by atoms with E-state index in [2.05, 4.69) is 9.97 Å². The summed E-state index contributed by atoms with van der Waals surface area (Å²) in [5, 5.41) is 0.706. The van der Waals surface area contributed by atoms with Crippen molar-refractivity contribution in [2.45, 2.75) is 6.42 Å². The molecule has 0 atom stereocenters. The van der Waals surface area contributed by atoms with Crippen molar-refractivity contribution in [1.29, 1.82) is 0 Å².